The molecule has 4 heterocycles. The molecule has 13 heteroatoms. The van der Waals surface area contributed by atoms with Crippen molar-refractivity contribution >= 4 is 17.2 Å². The molecule has 42 heavy (non-hydrogen) atoms. The van der Waals surface area contributed by atoms with Crippen molar-refractivity contribution in [3.05, 3.63) is 70.4 Å². The first kappa shape index (κ1) is 28.1. The number of nitrogens with zero attached hydrogens (tertiary/aromatic N) is 6. The molecular formula is C29H33F3N6O4. The molecule has 2 fully saturated rings. The maximum absolute atomic E-state index is 12.9. The Morgan fingerprint density at radius 2 is 1.57 bits per heavy atom. The molecule has 1 aromatic heterocycles. The number of nitro groups is 1. The van der Waals surface area contributed by atoms with E-state index in [0.717, 1.165) is 81.4 Å². The van der Waals surface area contributed by atoms with Crippen LogP contribution in [0.4, 0.5) is 30.4 Å². The second-order valence-electron chi connectivity index (χ2n) is 11.4. The smallest absolute Gasteiger partial charge is 0.416 e. The van der Waals surface area contributed by atoms with E-state index < -0.39 is 22.3 Å². The van der Waals surface area contributed by atoms with Crippen molar-refractivity contribution in [2.75, 3.05) is 55.7 Å². The lowest BCUT2D eigenvalue weighted by molar-refractivity contribution is -0.389. The molecule has 3 aromatic rings. The molecule has 3 aliphatic heterocycles. The number of piperidine rings is 1. The van der Waals surface area contributed by atoms with Crippen molar-refractivity contribution in [2.24, 2.45) is 0 Å². The van der Waals surface area contributed by atoms with Crippen LogP contribution in [0.15, 0.2) is 54.7 Å². The molecule has 2 saturated heterocycles. The Kier molecular flexibility index (Phi) is 7.37. The summed E-state index contributed by atoms with van der Waals surface area (Å²) in [5.41, 5.74) is 0.704. The molecule has 0 bridgehead atoms. The van der Waals surface area contributed by atoms with Gasteiger partial charge >= 0.3 is 18.0 Å². The highest BCUT2D eigenvalue weighted by Crippen LogP contribution is 2.33. The third kappa shape index (κ3) is 5.96. The Morgan fingerprint density at radius 1 is 0.976 bits per heavy atom. The minimum atomic E-state index is -4.31. The second kappa shape index (κ2) is 11.0. The standard InChI is InChI=1S/C29H33F3N6O4/c1-28(19-37-18-26(38(39)40)33-27(37)42-28)20-41-25-8-6-23(7-9-25)34-12-10-24(11-13-34)36-16-14-35(15-17-36)22-4-2-21(3-5-22)29(30,31)32/h2-9,18,24H,10-17,19-20H2,1H3/t28-/m1/s1. The van der Waals surface area contributed by atoms with Gasteiger partial charge in [0, 0.05) is 61.7 Å². The molecular weight excluding hydrogens is 553 g/mol. The Bertz CT molecular complexity index is 1370. The van der Waals surface area contributed by atoms with Gasteiger partial charge in [-0.3, -0.25) is 9.47 Å². The number of anilines is 2. The van der Waals surface area contributed by atoms with Gasteiger partial charge in [-0.1, -0.05) is 0 Å². The molecule has 2 aromatic carbocycles. The summed E-state index contributed by atoms with van der Waals surface area (Å²) in [6, 6.07) is 14.2. The number of benzene rings is 2. The molecule has 0 aliphatic carbocycles. The van der Waals surface area contributed by atoms with E-state index >= 15 is 0 Å². The van der Waals surface area contributed by atoms with Crippen LogP contribution in [-0.2, 0) is 12.7 Å². The van der Waals surface area contributed by atoms with Gasteiger partial charge in [-0.25, -0.2) is 0 Å². The number of rotatable bonds is 7. The average molecular weight is 587 g/mol. The quantitative estimate of drug-likeness (QED) is 0.287. The van der Waals surface area contributed by atoms with Crippen LogP contribution in [-0.4, -0.2) is 76.9 Å². The highest BCUT2D eigenvalue weighted by atomic mass is 19.4. The molecule has 224 valence electrons. The molecule has 0 spiro atoms. The first-order chi connectivity index (χ1) is 20.1. The van der Waals surface area contributed by atoms with Gasteiger partial charge in [-0.05, 0) is 73.2 Å². The lowest BCUT2D eigenvalue weighted by atomic mass is 10.0. The Balaban J connectivity index is 0.943. The number of ether oxygens (including phenoxy) is 2. The van der Waals surface area contributed by atoms with Crippen molar-refractivity contribution in [1.29, 1.82) is 0 Å². The van der Waals surface area contributed by atoms with E-state index in [4.69, 9.17) is 9.47 Å². The van der Waals surface area contributed by atoms with Gasteiger partial charge in [-0.15, -0.1) is 0 Å². The van der Waals surface area contributed by atoms with E-state index in [2.05, 4.69) is 31.8 Å². The maximum Gasteiger partial charge on any atom is 0.416 e. The van der Waals surface area contributed by atoms with Crippen LogP contribution in [0.25, 0.3) is 0 Å². The molecule has 6 rings (SSSR count). The third-order valence-corrected chi connectivity index (χ3v) is 8.36. The summed E-state index contributed by atoms with van der Waals surface area (Å²) in [7, 11) is 0. The number of fused-ring (bicyclic) bond motifs is 1. The summed E-state index contributed by atoms with van der Waals surface area (Å²) < 4.78 is 52.1. The van der Waals surface area contributed by atoms with E-state index in [1.807, 2.05) is 19.1 Å². The Labute approximate surface area is 241 Å². The zero-order chi connectivity index (χ0) is 29.5. The molecule has 0 N–H and O–H groups in total. The lowest BCUT2D eigenvalue weighted by Gasteiger charge is -2.43. The van der Waals surface area contributed by atoms with Crippen molar-refractivity contribution < 1.29 is 27.6 Å². The molecule has 0 radical (unpaired) electrons. The first-order valence-electron chi connectivity index (χ1n) is 14.1. The maximum atomic E-state index is 12.9. The summed E-state index contributed by atoms with van der Waals surface area (Å²) in [4.78, 5) is 21.3. The summed E-state index contributed by atoms with van der Waals surface area (Å²) in [6.07, 6.45) is -0.822. The van der Waals surface area contributed by atoms with Crippen LogP contribution < -0.4 is 19.3 Å². The number of piperazine rings is 1. The minimum Gasteiger partial charge on any atom is -0.489 e. The lowest BCUT2D eigenvalue weighted by Crippen LogP contribution is -2.53. The number of hydrogen-bond donors (Lipinski definition) is 0. The number of halogens is 3. The number of imidazole rings is 1. The SMILES string of the molecule is C[C@]1(COc2ccc(N3CCC(N4CCN(c5ccc(C(F)(F)F)cc5)CC4)CC3)cc2)Cn2cc([N+](=O)[O-])nc2O1. The number of alkyl halides is 3. The largest absolute Gasteiger partial charge is 0.489 e. The Morgan fingerprint density at radius 3 is 2.14 bits per heavy atom. The van der Waals surface area contributed by atoms with Gasteiger partial charge in [0.1, 0.15) is 18.6 Å². The van der Waals surface area contributed by atoms with Crippen molar-refractivity contribution in [3.8, 4) is 11.8 Å². The van der Waals surface area contributed by atoms with E-state index in [1.54, 1.807) is 16.7 Å². The summed E-state index contributed by atoms with van der Waals surface area (Å²) in [5.74, 6) is 0.492. The van der Waals surface area contributed by atoms with E-state index in [9.17, 15) is 23.3 Å². The molecule has 10 nitrogen and oxygen atoms in total. The topological polar surface area (TPSA) is 89.1 Å². The fourth-order valence-electron chi connectivity index (χ4n) is 6.04. The normalized spacial score (nSPS) is 21.7. The predicted octanol–water partition coefficient (Wildman–Crippen LogP) is 4.83. The minimum absolute atomic E-state index is 0.229. The van der Waals surface area contributed by atoms with Gasteiger partial charge in [0.25, 0.3) is 0 Å². The van der Waals surface area contributed by atoms with Crippen LogP contribution in [0.3, 0.4) is 0 Å². The van der Waals surface area contributed by atoms with Crippen molar-refractivity contribution in [2.45, 2.75) is 44.1 Å². The summed E-state index contributed by atoms with van der Waals surface area (Å²) in [6.45, 7) is 7.90. The molecule has 1 atom stereocenters. The first-order valence-corrected chi connectivity index (χ1v) is 14.1. The fourth-order valence-corrected chi connectivity index (χ4v) is 6.04. The van der Waals surface area contributed by atoms with Gasteiger partial charge in [0.2, 0.25) is 0 Å². The molecule has 3 aliphatic rings. The van der Waals surface area contributed by atoms with Crippen LogP contribution in [0.2, 0.25) is 0 Å². The molecule has 0 unspecified atom stereocenters. The van der Waals surface area contributed by atoms with Crippen LogP contribution in [0.5, 0.6) is 11.8 Å². The van der Waals surface area contributed by atoms with Gasteiger partial charge < -0.3 is 29.4 Å². The van der Waals surface area contributed by atoms with Crippen LogP contribution >= 0.6 is 0 Å². The van der Waals surface area contributed by atoms with Gasteiger partial charge in [-0.2, -0.15) is 13.2 Å². The molecule has 0 amide bonds. The van der Waals surface area contributed by atoms with Gasteiger partial charge in [0.05, 0.1) is 12.1 Å². The zero-order valence-corrected chi connectivity index (χ0v) is 23.3. The number of aromatic nitrogens is 2. The Hall–Kier alpha value is -4.00. The van der Waals surface area contributed by atoms with Gasteiger partial charge in [0.15, 0.2) is 5.60 Å². The summed E-state index contributed by atoms with van der Waals surface area (Å²) >= 11 is 0. The fraction of sp³-hybridized carbons (Fsp3) is 0.483. The summed E-state index contributed by atoms with van der Waals surface area (Å²) in [5, 5.41) is 10.9. The van der Waals surface area contributed by atoms with Crippen molar-refractivity contribution in [3.63, 3.8) is 0 Å². The molecule has 0 saturated carbocycles. The second-order valence-corrected chi connectivity index (χ2v) is 11.4. The van der Waals surface area contributed by atoms with E-state index in [-0.39, 0.29) is 18.4 Å². The van der Waals surface area contributed by atoms with E-state index in [0.29, 0.717) is 12.6 Å². The van der Waals surface area contributed by atoms with Crippen molar-refractivity contribution in [1.82, 2.24) is 14.5 Å². The van der Waals surface area contributed by atoms with E-state index in [1.165, 1.54) is 6.20 Å². The van der Waals surface area contributed by atoms with Crippen LogP contribution in [0.1, 0.15) is 25.3 Å². The zero-order valence-electron chi connectivity index (χ0n) is 23.3. The van der Waals surface area contributed by atoms with Crippen LogP contribution in [0, 0.1) is 10.1 Å². The highest BCUT2D eigenvalue weighted by molar-refractivity contribution is 5.50. The number of hydrogen-bond acceptors (Lipinski definition) is 8. The monoisotopic (exact) mass is 586 g/mol. The average Bonchev–Trinajstić information content (AvgIpc) is 3.52. The highest BCUT2D eigenvalue weighted by Gasteiger charge is 2.41. The third-order valence-electron chi connectivity index (χ3n) is 8.36. The predicted molar refractivity (Wildman–Crippen MR) is 150 cm³/mol.